The molecule has 2 aromatic heterocycles. The molecule has 220 valence electrons. The van der Waals surface area contributed by atoms with Crippen molar-refractivity contribution in [3.63, 3.8) is 0 Å². The number of thiazole rings is 1. The molecule has 2 aliphatic heterocycles. The van der Waals surface area contributed by atoms with Crippen molar-refractivity contribution in [1.82, 2.24) is 29.4 Å². The van der Waals surface area contributed by atoms with Gasteiger partial charge in [0.15, 0.2) is 5.01 Å². The number of piperazine rings is 1. The van der Waals surface area contributed by atoms with Gasteiger partial charge in [0.25, 0.3) is 15.9 Å². The van der Waals surface area contributed by atoms with Crippen LogP contribution in [0, 0.1) is 0 Å². The number of aromatic nitrogens is 2. The van der Waals surface area contributed by atoms with Gasteiger partial charge in [-0.2, -0.15) is 4.31 Å². The predicted molar refractivity (Wildman–Crippen MR) is 153 cm³/mol. The van der Waals surface area contributed by atoms with E-state index in [1.54, 1.807) is 43.9 Å². The van der Waals surface area contributed by atoms with Crippen LogP contribution in [0.4, 0.5) is 4.79 Å². The van der Waals surface area contributed by atoms with Gasteiger partial charge in [-0.3, -0.25) is 9.59 Å². The van der Waals surface area contributed by atoms with E-state index >= 15 is 0 Å². The Hall–Kier alpha value is -3.20. The molecule has 12 nitrogen and oxygen atoms in total. The summed E-state index contributed by atoms with van der Waals surface area (Å²) in [6.45, 7) is 5.86. The third-order valence-corrected chi connectivity index (χ3v) is 9.99. The van der Waals surface area contributed by atoms with Gasteiger partial charge < -0.3 is 24.8 Å². The van der Waals surface area contributed by atoms with Crippen LogP contribution in [0.2, 0.25) is 5.02 Å². The number of rotatable bonds is 4. The molecule has 3 aromatic rings. The molecule has 0 bridgehead atoms. The van der Waals surface area contributed by atoms with Gasteiger partial charge >= 0.3 is 6.09 Å². The highest BCUT2D eigenvalue weighted by molar-refractivity contribution is 7.89. The number of nitrogens with one attached hydrogen (secondary N) is 2. The lowest BCUT2D eigenvalue weighted by Gasteiger charge is -2.39. The molecule has 1 fully saturated rings. The van der Waals surface area contributed by atoms with E-state index in [-0.39, 0.29) is 36.2 Å². The molecular weight excluding hydrogens is 592 g/mol. The van der Waals surface area contributed by atoms with Crippen LogP contribution in [-0.2, 0) is 32.5 Å². The van der Waals surface area contributed by atoms with Crippen molar-refractivity contribution in [1.29, 1.82) is 0 Å². The number of sulfonamides is 1. The van der Waals surface area contributed by atoms with Crippen molar-refractivity contribution in [2.24, 2.45) is 0 Å². The van der Waals surface area contributed by atoms with Gasteiger partial charge in [0.2, 0.25) is 5.91 Å². The lowest BCUT2D eigenvalue weighted by Crippen LogP contribution is -2.61. The Kier molecular flexibility index (Phi) is 7.78. The Morgan fingerprint density at radius 1 is 1.17 bits per heavy atom. The minimum atomic E-state index is -4.00. The van der Waals surface area contributed by atoms with E-state index in [9.17, 15) is 22.8 Å². The first-order chi connectivity index (χ1) is 19.3. The number of carbonyl (C=O) groups is 3. The summed E-state index contributed by atoms with van der Waals surface area (Å²) in [4.78, 5) is 50.3. The van der Waals surface area contributed by atoms with Crippen LogP contribution in [0.25, 0.3) is 10.9 Å². The van der Waals surface area contributed by atoms with Gasteiger partial charge in [0.1, 0.15) is 16.7 Å². The Morgan fingerprint density at radius 3 is 2.63 bits per heavy atom. The van der Waals surface area contributed by atoms with Crippen LogP contribution in [-0.4, -0.2) is 95.3 Å². The number of fused-ring (bicyclic) bond motifs is 2. The average molecular weight is 623 g/mol. The van der Waals surface area contributed by atoms with Gasteiger partial charge in [0.05, 0.1) is 12.2 Å². The standard InChI is InChI=1S/C26H31ClN6O6S2/c1-26(2,3)39-25(36)31-8-7-18-20(14-31)40-23(30-18)24(35)33-10-9-32(13-19(33)22(34)28-4)41(37,38)21-12-15-11-16(27)5-6-17(15)29-21/h5-6,11-12,19,29H,7-10,13-14H2,1-4H3,(H,28,34). The smallest absolute Gasteiger partial charge is 0.410 e. The molecule has 3 amide bonds. The maximum atomic E-state index is 13.6. The van der Waals surface area contributed by atoms with E-state index in [1.807, 2.05) is 0 Å². The summed E-state index contributed by atoms with van der Waals surface area (Å²) in [5, 5.41) is 3.84. The molecule has 2 N–H and O–H groups in total. The molecule has 0 saturated carbocycles. The van der Waals surface area contributed by atoms with Gasteiger partial charge in [0, 0.05) is 60.5 Å². The van der Waals surface area contributed by atoms with E-state index in [0.717, 1.165) is 10.6 Å². The van der Waals surface area contributed by atoms with E-state index in [4.69, 9.17) is 16.3 Å². The zero-order valence-corrected chi connectivity index (χ0v) is 25.5. The SMILES string of the molecule is CNC(=O)C1CN(S(=O)(=O)c2cc3cc(Cl)ccc3[nH]2)CCN1C(=O)c1nc2c(s1)CN(C(=O)OC(C)(C)C)CC2. The van der Waals surface area contributed by atoms with E-state index in [0.29, 0.717) is 28.9 Å². The number of nitrogens with zero attached hydrogens (tertiary/aromatic N) is 4. The first-order valence-corrected chi connectivity index (χ1v) is 15.7. The summed E-state index contributed by atoms with van der Waals surface area (Å²) >= 11 is 7.22. The molecule has 5 rings (SSSR count). The van der Waals surface area contributed by atoms with Crippen molar-refractivity contribution in [2.45, 2.75) is 50.4 Å². The van der Waals surface area contributed by atoms with Crippen LogP contribution in [0.3, 0.4) is 0 Å². The van der Waals surface area contributed by atoms with Gasteiger partial charge in [-0.25, -0.2) is 18.2 Å². The summed E-state index contributed by atoms with van der Waals surface area (Å²) < 4.78 is 33.7. The summed E-state index contributed by atoms with van der Waals surface area (Å²) in [7, 11) is -2.56. The molecule has 0 spiro atoms. The van der Waals surface area contributed by atoms with Crippen LogP contribution in [0.5, 0.6) is 0 Å². The van der Waals surface area contributed by atoms with E-state index in [2.05, 4.69) is 15.3 Å². The average Bonchev–Trinajstić information content (AvgIpc) is 3.55. The number of amides is 3. The van der Waals surface area contributed by atoms with E-state index < -0.39 is 39.6 Å². The number of hydrogen-bond donors (Lipinski definition) is 2. The fraction of sp³-hybridized carbons (Fsp3) is 0.462. The maximum absolute atomic E-state index is 13.6. The molecule has 1 saturated heterocycles. The fourth-order valence-corrected chi connectivity index (χ4v) is 7.57. The summed E-state index contributed by atoms with van der Waals surface area (Å²) in [6, 6.07) is 5.46. The quantitative estimate of drug-likeness (QED) is 0.455. The minimum absolute atomic E-state index is 0.00349. The third kappa shape index (κ3) is 5.92. The van der Waals surface area contributed by atoms with Crippen molar-refractivity contribution >= 4 is 61.8 Å². The Bertz CT molecular complexity index is 1630. The fourth-order valence-electron chi connectivity index (χ4n) is 4.86. The highest BCUT2D eigenvalue weighted by Crippen LogP contribution is 2.30. The lowest BCUT2D eigenvalue weighted by molar-refractivity contribution is -0.126. The highest BCUT2D eigenvalue weighted by Gasteiger charge is 2.41. The number of likely N-dealkylation sites (N-methyl/N-ethyl adjacent to an activating group) is 1. The zero-order valence-electron chi connectivity index (χ0n) is 23.1. The minimum Gasteiger partial charge on any atom is -0.444 e. The van der Waals surface area contributed by atoms with Gasteiger partial charge in [-0.15, -0.1) is 11.3 Å². The first-order valence-electron chi connectivity index (χ1n) is 13.0. The molecule has 15 heteroatoms. The van der Waals surface area contributed by atoms with Crippen molar-refractivity contribution in [2.75, 3.05) is 33.2 Å². The van der Waals surface area contributed by atoms with Crippen molar-refractivity contribution in [3.05, 3.63) is 44.9 Å². The normalized spacial score (nSPS) is 18.3. The number of carbonyl (C=O) groups excluding carboxylic acids is 3. The third-order valence-electron chi connectivity index (χ3n) is 6.89. The second-order valence-corrected chi connectivity index (χ2v) is 14.3. The second-order valence-electron chi connectivity index (χ2n) is 10.9. The number of aromatic amines is 1. The van der Waals surface area contributed by atoms with Gasteiger partial charge in [-0.05, 0) is 45.0 Å². The van der Waals surface area contributed by atoms with Crippen LogP contribution < -0.4 is 5.32 Å². The predicted octanol–water partition coefficient (Wildman–Crippen LogP) is 2.83. The van der Waals surface area contributed by atoms with Crippen LogP contribution in [0.15, 0.2) is 29.3 Å². The number of H-pyrrole nitrogens is 1. The molecule has 4 heterocycles. The monoisotopic (exact) mass is 622 g/mol. The Balaban J connectivity index is 1.34. The Labute approximate surface area is 246 Å². The second kappa shape index (κ2) is 10.9. The molecular formula is C26H31ClN6O6S2. The zero-order chi connectivity index (χ0) is 29.7. The van der Waals surface area contributed by atoms with Crippen LogP contribution in [0.1, 0.15) is 41.1 Å². The molecule has 1 atom stereocenters. The summed E-state index contributed by atoms with van der Waals surface area (Å²) in [5.74, 6) is -0.946. The van der Waals surface area contributed by atoms with Crippen LogP contribution >= 0.6 is 22.9 Å². The molecule has 0 aliphatic carbocycles. The van der Waals surface area contributed by atoms with Crippen molar-refractivity contribution < 1.29 is 27.5 Å². The molecule has 1 aromatic carbocycles. The summed E-state index contributed by atoms with van der Waals surface area (Å²) in [5.41, 5.74) is 0.719. The van der Waals surface area contributed by atoms with Crippen molar-refractivity contribution in [3.8, 4) is 0 Å². The van der Waals surface area contributed by atoms with Gasteiger partial charge in [-0.1, -0.05) is 11.6 Å². The molecule has 2 aliphatic rings. The summed E-state index contributed by atoms with van der Waals surface area (Å²) in [6.07, 6.45) is 0.0402. The topological polar surface area (TPSA) is 145 Å². The Morgan fingerprint density at radius 2 is 1.93 bits per heavy atom. The molecule has 0 radical (unpaired) electrons. The first kappa shape index (κ1) is 29.3. The number of ether oxygens (including phenoxy) is 1. The molecule has 1 unspecified atom stereocenters. The highest BCUT2D eigenvalue weighted by atomic mass is 35.5. The maximum Gasteiger partial charge on any atom is 0.410 e. The number of hydrogen-bond acceptors (Lipinski definition) is 8. The van der Waals surface area contributed by atoms with E-state index in [1.165, 1.54) is 33.7 Å². The number of benzene rings is 1. The largest absolute Gasteiger partial charge is 0.444 e. The lowest BCUT2D eigenvalue weighted by atomic mass is 10.1. The number of halogens is 1. The molecule has 41 heavy (non-hydrogen) atoms.